The molecule has 3 fully saturated rings. The first-order chi connectivity index (χ1) is 9.29. The van der Waals surface area contributed by atoms with E-state index >= 15 is 0 Å². The Morgan fingerprint density at radius 3 is 2.74 bits per heavy atom. The van der Waals surface area contributed by atoms with Crippen LogP contribution in [0.1, 0.15) is 36.3 Å². The topological polar surface area (TPSA) is 35.8 Å². The highest BCUT2D eigenvalue weighted by molar-refractivity contribution is 6.34. The molecule has 19 heavy (non-hydrogen) atoms. The quantitative estimate of drug-likeness (QED) is 0.710. The Morgan fingerprint density at radius 2 is 2.00 bits per heavy atom. The van der Waals surface area contributed by atoms with Gasteiger partial charge in [-0.1, -0.05) is 11.5 Å². The predicted octanol–water partition coefficient (Wildman–Crippen LogP) is 1.91. The normalized spacial score (nSPS) is 43.7. The fourth-order valence-corrected chi connectivity index (χ4v) is 5.20. The van der Waals surface area contributed by atoms with Crippen LogP contribution in [0.15, 0.2) is 12.1 Å². The molecule has 1 aromatic rings. The number of fused-ring (bicyclic) bond motifs is 8. The largest absolute Gasteiger partial charge is 0.380 e. The van der Waals surface area contributed by atoms with E-state index in [4.69, 9.17) is 7.85 Å². The SMILES string of the molecule is [B]c1ccc(C#N)c2c1C1C3CCC3C3CC3C1N2. The molecular formula is C16H15BN2. The number of nitrogens with zero attached hydrogens (tertiary/aromatic N) is 1. The Hall–Kier alpha value is -1.43. The average molecular weight is 246 g/mol. The highest BCUT2D eigenvalue weighted by Crippen LogP contribution is 2.68. The van der Waals surface area contributed by atoms with Crippen LogP contribution in [0.2, 0.25) is 0 Å². The van der Waals surface area contributed by atoms with Crippen molar-refractivity contribution in [2.45, 2.75) is 31.2 Å². The Bertz CT molecular complexity index is 632. The van der Waals surface area contributed by atoms with Crippen molar-refractivity contribution in [2.75, 3.05) is 5.32 Å². The van der Waals surface area contributed by atoms with E-state index in [-0.39, 0.29) is 0 Å². The summed E-state index contributed by atoms with van der Waals surface area (Å²) in [5.41, 5.74) is 3.98. The van der Waals surface area contributed by atoms with Crippen LogP contribution in [0.4, 0.5) is 5.69 Å². The van der Waals surface area contributed by atoms with Crippen molar-refractivity contribution in [3.05, 3.63) is 23.3 Å². The predicted molar refractivity (Wildman–Crippen MR) is 74.5 cm³/mol. The van der Waals surface area contributed by atoms with E-state index in [1.54, 1.807) is 0 Å². The average Bonchev–Trinajstić information content (AvgIpc) is 3.02. The van der Waals surface area contributed by atoms with Gasteiger partial charge >= 0.3 is 0 Å². The lowest BCUT2D eigenvalue weighted by atomic mass is 9.57. The standard InChI is InChI=1S/C16H15BN2/c17-12-4-1-7(6-18)15-14(12)13-9-3-2-8(9)10-5-11(10)16(13)19-15/h1,4,8-11,13,16,19H,2-3,5H2. The van der Waals surface area contributed by atoms with E-state index in [0.29, 0.717) is 12.0 Å². The van der Waals surface area contributed by atoms with Crippen molar-refractivity contribution >= 4 is 19.0 Å². The molecule has 6 atom stereocenters. The number of benzene rings is 1. The molecular weight excluding hydrogens is 231 g/mol. The van der Waals surface area contributed by atoms with Crippen molar-refractivity contribution in [1.29, 1.82) is 5.26 Å². The lowest BCUT2D eigenvalue weighted by molar-refractivity contribution is 0.0747. The summed E-state index contributed by atoms with van der Waals surface area (Å²) in [5.74, 6) is 4.15. The van der Waals surface area contributed by atoms with E-state index in [2.05, 4.69) is 11.4 Å². The summed E-state index contributed by atoms with van der Waals surface area (Å²) in [6.45, 7) is 0. The monoisotopic (exact) mass is 246 g/mol. The number of nitriles is 1. The fourth-order valence-electron chi connectivity index (χ4n) is 5.20. The number of anilines is 1. The van der Waals surface area contributed by atoms with Crippen molar-refractivity contribution in [3.8, 4) is 6.07 Å². The number of nitrogens with one attached hydrogen (secondary N) is 1. The van der Waals surface area contributed by atoms with Gasteiger partial charge in [-0.2, -0.15) is 5.26 Å². The molecule has 0 aromatic heterocycles. The molecule has 3 saturated carbocycles. The minimum Gasteiger partial charge on any atom is -0.380 e. The first kappa shape index (κ1) is 10.4. The van der Waals surface area contributed by atoms with Gasteiger partial charge in [0.1, 0.15) is 13.9 Å². The first-order valence-electron chi connectivity index (χ1n) is 7.38. The molecule has 0 bridgehead atoms. The van der Waals surface area contributed by atoms with Crippen LogP contribution in [-0.2, 0) is 0 Å². The van der Waals surface area contributed by atoms with Crippen molar-refractivity contribution in [1.82, 2.24) is 0 Å². The third-order valence-electron chi connectivity index (χ3n) is 6.18. The molecule has 0 amide bonds. The van der Waals surface area contributed by atoms with Crippen molar-refractivity contribution in [2.24, 2.45) is 23.7 Å². The molecule has 2 nitrogen and oxygen atoms in total. The van der Waals surface area contributed by atoms with E-state index in [1.807, 2.05) is 12.1 Å². The van der Waals surface area contributed by atoms with E-state index in [0.717, 1.165) is 40.4 Å². The van der Waals surface area contributed by atoms with Gasteiger partial charge in [0.05, 0.1) is 11.3 Å². The second-order valence-corrected chi connectivity index (χ2v) is 6.77. The fraction of sp³-hybridized carbons (Fsp3) is 0.562. The molecule has 92 valence electrons. The van der Waals surface area contributed by atoms with Gasteiger partial charge in [-0.05, 0) is 54.6 Å². The maximum Gasteiger partial charge on any atom is 0.114 e. The lowest BCUT2D eigenvalue weighted by Gasteiger charge is -2.47. The minimum atomic E-state index is 0.554. The summed E-state index contributed by atoms with van der Waals surface area (Å²) in [5, 5.41) is 13.0. The van der Waals surface area contributed by atoms with Crippen LogP contribution >= 0.6 is 0 Å². The van der Waals surface area contributed by atoms with Gasteiger partial charge < -0.3 is 5.32 Å². The molecule has 0 spiro atoms. The number of rotatable bonds is 0. The zero-order valence-electron chi connectivity index (χ0n) is 10.8. The van der Waals surface area contributed by atoms with Gasteiger partial charge in [0, 0.05) is 12.0 Å². The smallest absolute Gasteiger partial charge is 0.114 e. The van der Waals surface area contributed by atoms with Gasteiger partial charge in [0.2, 0.25) is 0 Å². The third kappa shape index (κ3) is 1.10. The van der Waals surface area contributed by atoms with Gasteiger partial charge in [0.25, 0.3) is 0 Å². The van der Waals surface area contributed by atoms with Gasteiger partial charge in [-0.25, -0.2) is 0 Å². The second kappa shape index (κ2) is 3.18. The van der Waals surface area contributed by atoms with Crippen LogP contribution in [-0.4, -0.2) is 13.9 Å². The van der Waals surface area contributed by atoms with Crippen LogP contribution in [0.3, 0.4) is 0 Å². The summed E-state index contributed by atoms with van der Waals surface area (Å²) in [7, 11) is 6.24. The molecule has 0 saturated heterocycles. The number of hydrogen-bond acceptors (Lipinski definition) is 2. The van der Waals surface area contributed by atoms with E-state index in [1.165, 1.54) is 24.8 Å². The molecule has 2 radical (unpaired) electrons. The molecule has 5 rings (SSSR count). The molecule has 1 aliphatic heterocycles. The summed E-state index contributed by atoms with van der Waals surface area (Å²) < 4.78 is 0. The maximum absolute atomic E-state index is 9.30. The molecule has 6 unspecified atom stereocenters. The molecule has 1 aromatic carbocycles. The van der Waals surface area contributed by atoms with Gasteiger partial charge in [-0.15, -0.1) is 0 Å². The Morgan fingerprint density at radius 1 is 1.16 bits per heavy atom. The number of hydrogen-bond donors (Lipinski definition) is 1. The highest BCUT2D eigenvalue weighted by atomic mass is 15.0. The van der Waals surface area contributed by atoms with Crippen LogP contribution in [0, 0.1) is 35.0 Å². The van der Waals surface area contributed by atoms with Crippen molar-refractivity contribution in [3.63, 3.8) is 0 Å². The van der Waals surface area contributed by atoms with E-state index < -0.39 is 0 Å². The van der Waals surface area contributed by atoms with Gasteiger partial charge in [0.15, 0.2) is 0 Å². The van der Waals surface area contributed by atoms with Crippen LogP contribution < -0.4 is 10.8 Å². The molecule has 1 N–H and O–H groups in total. The zero-order valence-corrected chi connectivity index (χ0v) is 10.8. The molecule has 3 heteroatoms. The second-order valence-electron chi connectivity index (χ2n) is 6.77. The molecule has 1 heterocycles. The highest BCUT2D eigenvalue weighted by Gasteiger charge is 2.63. The Labute approximate surface area is 114 Å². The summed E-state index contributed by atoms with van der Waals surface area (Å²) in [6.07, 6.45) is 4.17. The third-order valence-corrected chi connectivity index (χ3v) is 6.18. The Kier molecular flexibility index (Phi) is 1.73. The van der Waals surface area contributed by atoms with Crippen LogP contribution in [0.25, 0.3) is 0 Å². The van der Waals surface area contributed by atoms with Crippen molar-refractivity contribution < 1.29 is 0 Å². The first-order valence-corrected chi connectivity index (χ1v) is 7.38. The molecule has 3 aliphatic carbocycles. The van der Waals surface area contributed by atoms with Crippen LogP contribution in [0.5, 0.6) is 0 Å². The van der Waals surface area contributed by atoms with E-state index in [9.17, 15) is 5.26 Å². The minimum absolute atomic E-state index is 0.554. The Balaban J connectivity index is 1.70. The lowest BCUT2D eigenvalue weighted by Crippen LogP contribution is -2.44. The summed E-state index contributed by atoms with van der Waals surface area (Å²) in [4.78, 5) is 0. The summed E-state index contributed by atoms with van der Waals surface area (Å²) in [6, 6.07) is 6.66. The molecule has 4 aliphatic rings. The summed E-state index contributed by atoms with van der Waals surface area (Å²) >= 11 is 0. The van der Waals surface area contributed by atoms with Gasteiger partial charge in [-0.3, -0.25) is 0 Å². The zero-order chi connectivity index (χ0) is 12.7. The maximum atomic E-state index is 9.30.